The number of hydrogen-bond acceptors (Lipinski definition) is 4. The normalized spacial score (nSPS) is 24.6. The second-order valence-corrected chi connectivity index (χ2v) is 8.00. The largest absolute Gasteiger partial charge is 0.333 e. The van der Waals surface area contributed by atoms with Gasteiger partial charge in [0.05, 0.1) is 22.7 Å². The van der Waals surface area contributed by atoms with Crippen LogP contribution >= 0.6 is 11.3 Å². The number of thiazole rings is 1. The molecule has 0 aliphatic carbocycles. The molecule has 2 amide bonds. The van der Waals surface area contributed by atoms with Gasteiger partial charge >= 0.3 is 0 Å². The minimum absolute atomic E-state index is 0.00175. The molecule has 1 fully saturated rings. The molecule has 0 saturated carbocycles. The van der Waals surface area contributed by atoms with Gasteiger partial charge < -0.3 is 10.2 Å². The predicted molar refractivity (Wildman–Crippen MR) is 98.0 cm³/mol. The maximum Gasteiger partial charge on any atom is 0.265 e. The Kier molecular flexibility index (Phi) is 3.87. The molecule has 1 saturated heterocycles. The second-order valence-electron chi connectivity index (χ2n) is 6.77. The van der Waals surface area contributed by atoms with Crippen molar-refractivity contribution in [2.75, 3.05) is 11.9 Å². The molecule has 1 aromatic carbocycles. The van der Waals surface area contributed by atoms with Crippen molar-refractivity contribution in [1.82, 2.24) is 9.88 Å². The monoisotopic (exact) mass is 355 g/mol. The average Bonchev–Trinajstić information content (AvgIpc) is 3.27. The maximum atomic E-state index is 13.1. The van der Waals surface area contributed by atoms with E-state index in [1.165, 1.54) is 11.3 Å². The molecule has 2 atom stereocenters. The van der Waals surface area contributed by atoms with Crippen molar-refractivity contribution in [3.8, 4) is 0 Å². The molecule has 0 bridgehead atoms. The van der Waals surface area contributed by atoms with Crippen LogP contribution in [0.3, 0.4) is 0 Å². The quantitative estimate of drug-likeness (QED) is 0.918. The highest BCUT2D eigenvalue weighted by Gasteiger charge is 2.58. The Bertz CT molecular complexity index is 847. The van der Waals surface area contributed by atoms with E-state index in [1.54, 1.807) is 6.20 Å². The first kappa shape index (κ1) is 16.3. The summed E-state index contributed by atoms with van der Waals surface area (Å²) in [4.78, 5) is 32.8. The van der Waals surface area contributed by atoms with E-state index < -0.39 is 5.41 Å². The van der Waals surface area contributed by atoms with E-state index in [4.69, 9.17) is 0 Å². The molecule has 3 heterocycles. The van der Waals surface area contributed by atoms with Crippen LogP contribution in [0.1, 0.15) is 46.4 Å². The molecule has 2 aliphatic heterocycles. The first-order chi connectivity index (χ1) is 12.1. The number of aromatic nitrogens is 1. The van der Waals surface area contributed by atoms with Crippen molar-refractivity contribution in [1.29, 1.82) is 0 Å². The van der Waals surface area contributed by atoms with Gasteiger partial charge in [0, 0.05) is 12.2 Å². The molecule has 25 heavy (non-hydrogen) atoms. The Morgan fingerprint density at radius 3 is 2.96 bits per heavy atom. The van der Waals surface area contributed by atoms with E-state index in [9.17, 15) is 9.59 Å². The molecule has 0 unspecified atom stereocenters. The highest BCUT2D eigenvalue weighted by Crippen LogP contribution is 2.49. The lowest BCUT2D eigenvalue weighted by molar-refractivity contribution is -0.121. The first-order valence-corrected chi connectivity index (χ1v) is 9.54. The van der Waals surface area contributed by atoms with E-state index in [1.807, 2.05) is 36.1 Å². The molecule has 1 spiro atoms. The molecule has 4 rings (SSSR count). The third-order valence-corrected chi connectivity index (χ3v) is 6.31. The Balaban J connectivity index is 1.76. The van der Waals surface area contributed by atoms with Gasteiger partial charge in [-0.1, -0.05) is 31.5 Å². The van der Waals surface area contributed by atoms with Crippen molar-refractivity contribution in [3.05, 3.63) is 45.9 Å². The molecule has 1 N–H and O–H groups in total. The van der Waals surface area contributed by atoms with Crippen LogP contribution in [-0.2, 0) is 10.2 Å². The Morgan fingerprint density at radius 2 is 2.24 bits per heavy atom. The fraction of sp³-hybridized carbons (Fsp3) is 0.421. The number of carbonyl (C=O) groups excluding carboxylic acids is 2. The van der Waals surface area contributed by atoms with Crippen molar-refractivity contribution < 1.29 is 9.59 Å². The Hall–Kier alpha value is -2.21. The topological polar surface area (TPSA) is 62.3 Å². The number of amides is 2. The van der Waals surface area contributed by atoms with E-state index in [0.29, 0.717) is 17.8 Å². The smallest absolute Gasteiger partial charge is 0.265 e. The van der Waals surface area contributed by atoms with Crippen molar-refractivity contribution >= 4 is 28.8 Å². The lowest BCUT2D eigenvalue weighted by Crippen LogP contribution is -2.48. The molecule has 0 radical (unpaired) electrons. The Labute approximate surface area is 151 Å². The highest BCUT2D eigenvalue weighted by atomic mass is 32.1. The van der Waals surface area contributed by atoms with Crippen LogP contribution in [0.15, 0.2) is 30.5 Å². The number of para-hydroxylation sites is 1. The molecule has 5 nitrogen and oxygen atoms in total. The van der Waals surface area contributed by atoms with E-state index in [0.717, 1.165) is 29.1 Å². The van der Waals surface area contributed by atoms with Crippen molar-refractivity contribution in [2.45, 2.75) is 44.6 Å². The van der Waals surface area contributed by atoms with Gasteiger partial charge in [0.25, 0.3) is 5.91 Å². The summed E-state index contributed by atoms with van der Waals surface area (Å²) >= 11 is 1.42. The van der Waals surface area contributed by atoms with Crippen molar-refractivity contribution in [3.63, 3.8) is 0 Å². The summed E-state index contributed by atoms with van der Waals surface area (Å²) in [5.41, 5.74) is 1.30. The predicted octanol–water partition coefficient (Wildman–Crippen LogP) is 3.36. The number of aryl methyl sites for hydroxylation is 1. The van der Waals surface area contributed by atoms with Crippen LogP contribution in [0.2, 0.25) is 0 Å². The number of carbonyl (C=O) groups is 2. The fourth-order valence-electron chi connectivity index (χ4n) is 4.32. The third kappa shape index (κ3) is 2.31. The number of hydrogen-bond donors (Lipinski definition) is 1. The lowest BCUT2D eigenvalue weighted by atomic mass is 9.73. The number of rotatable bonds is 3. The van der Waals surface area contributed by atoms with Crippen LogP contribution < -0.4 is 5.32 Å². The molecule has 130 valence electrons. The molecule has 2 aromatic rings. The summed E-state index contributed by atoms with van der Waals surface area (Å²) in [6.07, 6.45) is 4.06. The Morgan fingerprint density at radius 1 is 1.44 bits per heavy atom. The second kappa shape index (κ2) is 5.95. The third-order valence-electron chi connectivity index (χ3n) is 5.41. The number of nitrogens with one attached hydrogen (secondary N) is 1. The molecule has 2 aliphatic rings. The van der Waals surface area contributed by atoms with E-state index in [-0.39, 0.29) is 17.9 Å². The average molecular weight is 355 g/mol. The van der Waals surface area contributed by atoms with Gasteiger partial charge in [-0.05, 0) is 31.4 Å². The first-order valence-electron chi connectivity index (χ1n) is 8.72. The minimum atomic E-state index is -0.623. The number of nitrogens with zero attached hydrogens (tertiary/aromatic N) is 2. The molecule has 6 heteroatoms. The molecule has 1 aromatic heterocycles. The van der Waals surface area contributed by atoms with Crippen LogP contribution in [0.4, 0.5) is 5.69 Å². The maximum absolute atomic E-state index is 13.1. The molecular formula is C19H21N3O2S. The number of anilines is 1. The van der Waals surface area contributed by atoms with Gasteiger partial charge in [-0.15, -0.1) is 11.3 Å². The minimum Gasteiger partial charge on any atom is -0.333 e. The van der Waals surface area contributed by atoms with Gasteiger partial charge in [0.2, 0.25) is 5.91 Å². The lowest BCUT2D eigenvalue weighted by Gasteiger charge is -2.33. The SMILES string of the molecule is CCC[C@@H]1N(C(=O)c2cnc(C)s2)CC[C@@]12C(=O)Nc1ccccc12. The van der Waals surface area contributed by atoms with Crippen LogP contribution in [0, 0.1) is 6.92 Å². The summed E-state index contributed by atoms with van der Waals surface area (Å²) in [6.45, 7) is 4.60. The number of likely N-dealkylation sites (tertiary alicyclic amines) is 1. The van der Waals surface area contributed by atoms with Crippen LogP contribution in [-0.4, -0.2) is 34.3 Å². The zero-order valence-corrected chi connectivity index (χ0v) is 15.2. The van der Waals surface area contributed by atoms with Gasteiger partial charge in [-0.3, -0.25) is 9.59 Å². The van der Waals surface area contributed by atoms with Gasteiger partial charge in [0.1, 0.15) is 4.88 Å². The van der Waals surface area contributed by atoms with Crippen molar-refractivity contribution in [2.24, 2.45) is 0 Å². The standard InChI is InChI=1S/C19H21N3O2S/c1-3-6-16-19(13-7-4-5-8-14(13)21-18(19)24)9-10-22(16)17(23)15-11-20-12(2)25-15/h4-5,7-8,11,16H,3,6,9-10H2,1-2H3,(H,21,24)/t16-,19-/m0/s1. The van der Waals surface area contributed by atoms with E-state index >= 15 is 0 Å². The summed E-state index contributed by atoms with van der Waals surface area (Å²) in [5.74, 6) is 0.0287. The van der Waals surface area contributed by atoms with Gasteiger partial charge in [0.15, 0.2) is 0 Å². The van der Waals surface area contributed by atoms with E-state index in [2.05, 4.69) is 17.2 Å². The number of fused-ring (bicyclic) bond motifs is 2. The van der Waals surface area contributed by atoms with Crippen LogP contribution in [0.25, 0.3) is 0 Å². The molecular weight excluding hydrogens is 334 g/mol. The van der Waals surface area contributed by atoms with Gasteiger partial charge in [-0.25, -0.2) is 4.98 Å². The van der Waals surface area contributed by atoms with Crippen LogP contribution in [0.5, 0.6) is 0 Å². The highest BCUT2D eigenvalue weighted by molar-refractivity contribution is 7.13. The summed E-state index contributed by atoms with van der Waals surface area (Å²) < 4.78 is 0. The summed E-state index contributed by atoms with van der Waals surface area (Å²) in [5, 5.41) is 3.92. The fourth-order valence-corrected chi connectivity index (χ4v) is 5.06. The summed E-state index contributed by atoms with van der Waals surface area (Å²) in [7, 11) is 0. The number of benzene rings is 1. The summed E-state index contributed by atoms with van der Waals surface area (Å²) in [6, 6.07) is 7.77. The zero-order chi connectivity index (χ0) is 17.6. The zero-order valence-electron chi connectivity index (χ0n) is 14.4. The van der Waals surface area contributed by atoms with Gasteiger partial charge in [-0.2, -0.15) is 0 Å².